The second kappa shape index (κ2) is 4.11. The number of hydrogen-bond acceptors (Lipinski definition) is 2. The van der Waals surface area contributed by atoms with E-state index in [-0.39, 0.29) is 0 Å². The summed E-state index contributed by atoms with van der Waals surface area (Å²) in [5.41, 5.74) is 3.60. The molecule has 1 aromatic heterocycles. The van der Waals surface area contributed by atoms with Gasteiger partial charge in [0.25, 0.3) is 0 Å². The standard InChI is InChI=1S/C12H10BrN3/c1-8-3-5-9(6-4-8)12-11(13)10(7-14)15-16(12)2/h3-6H,1-2H3. The van der Waals surface area contributed by atoms with Gasteiger partial charge in [0.2, 0.25) is 0 Å². The highest BCUT2D eigenvalue weighted by atomic mass is 79.9. The first kappa shape index (κ1) is 10.9. The minimum atomic E-state index is 0.415. The summed E-state index contributed by atoms with van der Waals surface area (Å²) in [7, 11) is 1.83. The molecule has 0 N–H and O–H groups in total. The van der Waals surface area contributed by atoms with Crippen molar-refractivity contribution in [3.8, 4) is 17.3 Å². The first-order chi connectivity index (χ1) is 7.63. The SMILES string of the molecule is Cc1ccc(-c2c(Br)c(C#N)nn2C)cc1. The molecule has 0 amide bonds. The highest BCUT2D eigenvalue weighted by molar-refractivity contribution is 9.10. The third-order valence-corrected chi connectivity index (χ3v) is 3.17. The number of aryl methyl sites for hydroxylation is 2. The van der Waals surface area contributed by atoms with E-state index in [9.17, 15) is 0 Å². The Bertz CT molecular complexity index is 561. The van der Waals surface area contributed by atoms with Gasteiger partial charge in [0.1, 0.15) is 6.07 Å². The van der Waals surface area contributed by atoms with Gasteiger partial charge >= 0.3 is 0 Å². The Hall–Kier alpha value is -1.60. The van der Waals surface area contributed by atoms with Crippen molar-refractivity contribution in [2.45, 2.75) is 6.92 Å². The molecule has 0 unspecified atom stereocenters. The monoisotopic (exact) mass is 275 g/mol. The van der Waals surface area contributed by atoms with Gasteiger partial charge in [-0.3, -0.25) is 4.68 Å². The number of rotatable bonds is 1. The Kier molecular flexibility index (Phi) is 2.80. The summed E-state index contributed by atoms with van der Waals surface area (Å²) in [6.45, 7) is 2.04. The Morgan fingerprint density at radius 3 is 2.44 bits per heavy atom. The number of nitriles is 1. The normalized spacial score (nSPS) is 10.1. The summed E-state index contributed by atoms with van der Waals surface area (Å²) in [4.78, 5) is 0. The maximum absolute atomic E-state index is 8.89. The second-order valence-corrected chi connectivity index (χ2v) is 4.41. The first-order valence-corrected chi connectivity index (χ1v) is 5.62. The maximum Gasteiger partial charge on any atom is 0.177 e. The Balaban J connectivity index is 2.61. The smallest absolute Gasteiger partial charge is 0.177 e. The van der Waals surface area contributed by atoms with E-state index in [2.05, 4.69) is 27.1 Å². The molecule has 2 aromatic rings. The van der Waals surface area contributed by atoms with E-state index in [0.717, 1.165) is 15.7 Å². The predicted octanol–water partition coefficient (Wildman–Crippen LogP) is 3.03. The number of halogens is 1. The average molecular weight is 276 g/mol. The molecule has 0 atom stereocenters. The molecule has 0 bridgehead atoms. The number of hydrogen-bond donors (Lipinski definition) is 0. The topological polar surface area (TPSA) is 41.6 Å². The van der Waals surface area contributed by atoms with Crippen molar-refractivity contribution >= 4 is 15.9 Å². The van der Waals surface area contributed by atoms with Crippen molar-refractivity contribution in [3.63, 3.8) is 0 Å². The second-order valence-electron chi connectivity index (χ2n) is 3.61. The lowest BCUT2D eigenvalue weighted by molar-refractivity contribution is 0.771. The highest BCUT2D eigenvalue weighted by Gasteiger charge is 2.14. The molecular formula is C12H10BrN3. The lowest BCUT2D eigenvalue weighted by Gasteiger charge is -2.03. The van der Waals surface area contributed by atoms with E-state index in [4.69, 9.17) is 5.26 Å². The zero-order valence-corrected chi connectivity index (χ0v) is 10.6. The van der Waals surface area contributed by atoms with Crippen LogP contribution in [0.25, 0.3) is 11.3 Å². The molecule has 1 aromatic carbocycles. The molecule has 80 valence electrons. The first-order valence-electron chi connectivity index (χ1n) is 4.83. The summed E-state index contributed by atoms with van der Waals surface area (Å²) in [6.07, 6.45) is 0. The Morgan fingerprint density at radius 1 is 1.31 bits per heavy atom. The van der Waals surface area contributed by atoms with Gasteiger partial charge in [-0.2, -0.15) is 10.4 Å². The van der Waals surface area contributed by atoms with Crippen LogP contribution >= 0.6 is 15.9 Å². The molecular weight excluding hydrogens is 266 g/mol. The molecule has 0 aliphatic rings. The summed E-state index contributed by atoms with van der Waals surface area (Å²) >= 11 is 3.41. The van der Waals surface area contributed by atoms with Gasteiger partial charge in [-0.25, -0.2) is 0 Å². The molecule has 0 aliphatic heterocycles. The molecule has 0 fully saturated rings. The molecule has 2 rings (SSSR count). The summed E-state index contributed by atoms with van der Waals surface area (Å²) in [5, 5.41) is 13.0. The van der Waals surface area contributed by atoms with Crippen LogP contribution < -0.4 is 0 Å². The van der Waals surface area contributed by atoms with Crippen LogP contribution in [-0.2, 0) is 7.05 Å². The lowest BCUT2D eigenvalue weighted by atomic mass is 10.1. The summed E-state index contributed by atoms with van der Waals surface area (Å²) in [6, 6.07) is 10.2. The zero-order chi connectivity index (χ0) is 11.7. The van der Waals surface area contributed by atoms with Crippen molar-refractivity contribution in [1.29, 1.82) is 5.26 Å². The number of nitrogens with zero attached hydrogens (tertiary/aromatic N) is 3. The fourth-order valence-corrected chi connectivity index (χ4v) is 2.25. The van der Waals surface area contributed by atoms with Crippen LogP contribution in [0.2, 0.25) is 0 Å². The third kappa shape index (κ3) is 1.74. The van der Waals surface area contributed by atoms with Crippen LogP contribution in [0.3, 0.4) is 0 Å². The number of aromatic nitrogens is 2. The summed E-state index contributed by atoms with van der Waals surface area (Å²) < 4.78 is 2.47. The quantitative estimate of drug-likeness (QED) is 0.803. The highest BCUT2D eigenvalue weighted by Crippen LogP contribution is 2.30. The van der Waals surface area contributed by atoms with Crippen molar-refractivity contribution in [1.82, 2.24) is 9.78 Å². The molecule has 1 heterocycles. The van der Waals surface area contributed by atoms with Crippen LogP contribution in [0.15, 0.2) is 28.7 Å². The molecule has 3 nitrogen and oxygen atoms in total. The summed E-state index contributed by atoms with van der Waals surface area (Å²) in [5.74, 6) is 0. The molecule has 0 aliphatic carbocycles. The van der Waals surface area contributed by atoms with E-state index in [1.807, 2.05) is 38.2 Å². The van der Waals surface area contributed by atoms with E-state index in [0.29, 0.717) is 5.69 Å². The van der Waals surface area contributed by atoms with E-state index in [1.165, 1.54) is 5.56 Å². The van der Waals surface area contributed by atoms with Crippen LogP contribution in [0, 0.1) is 18.3 Å². The Labute approximate surface area is 102 Å². The average Bonchev–Trinajstić information content (AvgIpc) is 2.56. The number of benzene rings is 1. The van der Waals surface area contributed by atoms with Crippen LogP contribution in [0.4, 0.5) is 0 Å². The van der Waals surface area contributed by atoms with E-state index in [1.54, 1.807) is 4.68 Å². The van der Waals surface area contributed by atoms with Gasteiger partial charge in [-0.05, 0) is 22.9 Å². The lowest BCUT2D eigenvalue weighted by Crippen LogP contribution is -1.93. The molecule has 4 heteroatoms. The minimum Gasteiger partial charge on any atom is -0.265 e. The van der Waals surface area contributed by atoms with Gasteiger partial charge < -0.3 is 0 Å². The fraction of sp³-hybridized carbons (Fsp3) is 0.167. The predicted molar refractivity (Wildman–Crippen MR) is 65.8 cm³/mol. The zero-order valence-electron chi connectivity index (χ0n) is 9.03. The largest absolute Gasteiger partial charge is 0.265 e. The maximum atomic E-state index is 8.89. The van der Waals surface area contributed by atoms with Gasteiger partial charge in [-0.15, -0.1) is 0 Å². The molecule has 0 radical (unpaired) electrons. The van der Waals surface area contributed by atoms with Crippen LogP contribution in [-0.4, -0.2) is 9.78 Å². The van der Waals surface area contributed by atoms with Crippen molar-refractivity contribution in [2.24, 2.45) is 7.05 Å². The van der Waals surface area contributed by atoms with Gasteiger partial charge in [0.05, 0.1) is 10.2 Å². The van der Waals surface area contributed by atoms with Crippen molar-refractivity contribution in [3.05, 3.63) is 40.0 Å². The third-order valence-electron chi connectivity index (χ3n) is 2.42. The van der Waals surface area contributed by atoms with Crippen molar-refractivity contribution < 1.29 is 0 Å². The van der Waals surface area contributed by atoms with Gasteiger partial charge in [0, 0.05) is 12.6 Å². The fourth-order valence-electron chi connectivity index (χ4n) is 1.59. The van der Waals surface area contributed by atoms with Crippen LogP contribution in [0.1, 0.15) is 11.3 Å². The van der Waals surface area contributed by atoms with Crippen molar-refractivity contribution in [2.75, 3.05) is 0 Å². The minimum absolute atomic E-state index is 0.415. The molecule has 0 spiro atoms. The van der Waals surface area contributed by atoms with Crippen LogP contribution in [0.5, 0.6) is 0 Å². The molecule has 16 heavy (non-hydrogen) atoms. The van der Waals surface area contributed by atoms with E-state index >= 15 is 0 Å². The molecule has 0 saturated carbocycles. The van der Waals surface area contributed by atoms with E-state index < -0.39 is 0 Å². The van der Waals surface area contributed by atoms with Gasteiger partial charge in [-0.1, -0.05) is 29.8 Å². The molecule has 0 saturated heterocycles. The van der Waals surface area contributed by atoms with Gasteiger partial charge in [0.15, 0.2) is 5.69 Å². The Morgan fingerprint density at radius 2 is 1.94 bits per heavy atom.